The summed E-state index contributed by atoms with van der Waals surface area (Å²) in [6.07, 6.45) is 6.99. The van der Waals surface area contributed by atoms with Gasteiger partial charge in [-0.05, 0) is 43.2 Å². The fourth-order valence-electron chi connectivity index (χ4n) is 2.26. The Balaban J connectivity index is 1.74. The van der Waals surface area contributed by atoms with Crippen LogP contribution in [0.3, 0.4) is 0 Å². The van der Waals surface area contributed by atoms with Gasteiger partial charge >= 0.3 is 0 Å². The zero-order valence-electron chi connectivity index (χ0n) is 11.8. The third-order valence-corrected chi connectivity index (χ3v) is 3.84. The van der Waals surface area contributed by atoms with Gasteiger partial charge in [-0.2, -0.15) is 0 Å². The molecule has 2 heterocycles. The Morgan fingerprint density at radius 1 is 1.29 bits per heavy atom. The lowest BCUT2D eigenvalue weighted by Crippen LogP contribution is -2.08. The van der Waals surface area contributed by atoms with Gasteiger partial charge in [-0.1, -0.05) is 6.07 Å². The molecular formula is C16H15N3OS. The van der Waals surface area contributed by atoms with Crippen molar-refractivity contribution < 1.29 is 4.79 Å². The van der Waals surface area contributed by atoms with Crippen LogP contribution in [-0.4, -0.2) is 15.3 Å². The van der Waals surface area contributed by atoms with E-state index in [9.17, 15) is 4.79 Å². The molecule has 0 aliphatic rings. The van der Waals surface area contributed by atoms with E-state index in [2.05, 4.69) is 16.4 Å². The second-order valence-corrected chi connectivity index (χ2v) is 5.81. The maximum Gasteiger partial charge on any atom is 0.248 e. The van der Waals surface area contributed by atoms with E-state index in [4.69, 9.17) is 0 Å². The van der Waals surface area contributed by atoms with Crippen molar-refractivity contribution in [2.24, 2.45) is 0 Å². The molecule has 1 N–H and O–H groups in total. The van der Waals surface area contributed by atoms with Crippen LogP contribution in [0.2, 0.25) is 0 Å². The smallest absolute Gasteiger partial charge is 0.248 e. The third kappa shape index (κ3) is 3.03. The molecule has 1 amide bonds. The summed E-state index contributed by atoms with van der Waals surface area (Å²) < 4.78 is 1.95. The van der Waals surface area contributed by atoms with Gasteiger partial charge in [-0.25, -0.2) is 4.98 Å². The first-order valence-corrected chi connectivity index (χ1v) is 7.48. The molecule has 0 atom stereocenters. The molecule has 0 spiro atoms. The average Bonchev–Trinajstić information content (AvgIpc) is 2.98. The Labute approximate surface area is 126 Å². The number of nitrogens with one attached hydrogen (secondary N) is 1. The van der Waals surface area contributed by atoms with Crippen LogP contribution in [-0.2, 0) is 4.79 Å². The topological polar surface area (TPSA) is 46.4 Å². The zero-order valence-corrected chi connectivity index (χ0v) is 12.6. The molecule has 4 nitrogen and oxygen atoms in total. The molecule has 0 bridgehead atoms. The maximum absolute atomic E-state index is 12.0. The van der Waals surface area contributed by atoms with Crippen molar-refractivity contribution in [3.8, 4) is 0 Å². The molecule has 3 aromatic rings. The quantitative estimate of drug-likeness (QED) is 0.750. The predicted molar refractivity (Wildman–Crippen MR) is 86.6 cm³/mol. The number of anilines is 1. The molecule has 0 unspecified atom stereocenters. The molecular weight excluding hydrogens is 282 g/mol. The number of amides is 1. The molecule has 0 saturated carbocycles. The van der Waals surface area contributed by atoms with E-state index in [1.54, 1.807) is 23.6 Å². The summed E-state index contributed by atoms with van der Waals surface area (Å²) in [4.78, 5) is 17.2. The summed E-state index contributed by atoms with van der Waals surface area (Å²) in [5.41, 5.74) is 3.97. The number of nitrogens with zero attached hydrogens (tertiary/aromatic N) is 2. The van der Waals surface area contributed by atoms with E-state index in [-0.39, 0.29) is 5.91 Å². The standard InChI is InChI=1S/C16H15N3OS/c1-11-7-12(2)9-13(8-11)18-15(20)4-3-14-10-17-16-19(14)5-6-21-16/h3-10H,1-2H3,(H,18,20)/b4-3+. The minimum Gasteiger partial charge on any atom is -0.322 e. The van der Waals surface area contributed by atoms with Gasteiger partial charge in [0, 0.05) is 23.3 Å². The zero-order chi connectivity index (χ0) is 14.8. The third-order valence-electron chi connectivity index (χ3n) is 3.07. The number of hydrogen-bond acceptors (Lipinski definition) is 3. The normalized spacial score (nSPS) is 11.3. The van der Waals surface area contributed by atoms with Crippen LogP contribution in [0.25, 0.3) is 11.0 Å². The molecule has 1 aromatic carbocycles. The second kappa shape index (κ2) is 5.54. The van der Waals surface area contributed by atoms with Gasteiger partial charge in [0.1, 0.15) is 0 Å². The number of imidazole rings is 1. The summed E-state index contributed by atoms with van der Waals surface area (Å²) in [5.74, 6) is -0.148. The van der Waals surface area contributed by atoms with E-state index < -0.39 is 0 Å². The Morgan fingerprint density at radius 2 is 2.05 bits per heavy atom. The summed E-state index contributed by atoms with van der Waals surface area (Å²) in [5, 5.41) is 4.84. The highest BCUT2D eigenvalue weighted by molar-refractivity contribution is 7.15. The summed E-state index contributed by atoms with van der Waals surface area (Å²) >= 11 is 1.57. The highest BCUT2D eigenvalue weighted by Crippen LogP contribution is 2.15. The van der Waals surface area contributed by atoms with Gasteiger partial charge in [0.15, 0.2) is 4.96 Å². The number of aryl methyl sites for hydroxylation is 2. The minimum atomic E-state index is -0.148. The molecule has 5 heteroatoms. The first kappa shape index (κ1) is 13.6. The number of carbonyl (C=O) groups excluding carboxylic acids is 1. The molecule has 3 rings (SSSR count). The van der Waals surface area contributed by atoms with Crippen molar-refractivity contribution >= 4 is 34.0 Å². The Hall–Kier alpha value is -2.40. The lowest BCUT2D eigenvalue weighted by molar-refractivity contribution is -0.111. The fourth-order valence-corrected chi connectivity index (χ4v) is 2.96. The Kier molecular flexibility index (Phi) is 3.58. The largest absolute Gasteiger partial charge is 0.322 e. The number of carbonyl (C=O) groups is 1. The van der Waals surface area contributed by atoms with Gasteiger partial charge in [-0.3, -0.25) is 9.20 Å². The van der Waals surface area contributed by atoms with E-state index in [1.165, 1.54) is 6.08 Å². The van der Waals surface area contributed by atoms with Crippen LogP contribution in [0.5, 0.6) is 0 Å². The number of thiazole rings is 1. The van der Waals surface area contributed by atoms with E-state index in [0.717, 1.165) is 27.5 Å². The monoisotopic (exact) mass is 297 g/mol. The van der Waals surface area contributed by atoms with Crippen molar-refractivity contribution in [3.63, 3.8) is 0 Å². The lowest BCUT2D eigenvalue weighted by Gasteiger charge is -2.05. The van der Waals surface area contributed by atoms with E-state index >= 15 is 0 Å². The first-order valence-electron chi connectivity index (χ1n) is 6.60. The number of aromatic nitrogens is 2. The number of rotatable bonds is 3. The molecule has 0 radical (unpaired) electrons. The molecule has 0 saturated heterocycles. The predicted octanol–water partition coefficient (Wildman–Crippen LogP) is 3.66. The average molecular weight is 297 g/mol. The van der Waals surface area contributed by atoms with Crippen LogP contribution in [0.1, 0.15) is 16.8 Å². The maximum atomic E-state index is 12.0. The summed E-state index contributed by atoms with van der Waals surface area (Å²) in [6, 6.07) is 5.98. The first-order chi connectivity index (χ1) is 10.1. The van der Waals surface area contributed by atoms with Crippen LogP contribution in [0, 0.1) is 13.8 Å². The van der Waals surface area contributed by atoms with Crippen molar-refractivity contribution in [3.05, 3.63) is 58.9 Å². The molecule has 21 heavy (non-hydrogen) atoms. The van der Waals surface area contributed by atoms with E-state index in [1.807, 2.05) is 42.0 Å². The Bertz CT molecular complexity index is 809. The SMILES string of the molecule is Cc1cc(C)cc(NC(=O)/C=C/c2cnc3sccn23)c1. The minimum absolute atomic E-state index is 0.148. The van der Waals surface area contributed by atoms with Gasteiger partial charge in [0.2, 0.25) is 5.91 Å². The highest BCUT2D eigenvalue weighted by Gasteiger charge is 2.03. The van der Waals surface area contributed by atoms with Crippen molar-refractivity contribution in [1.82, 2.24) is 9.38 Å². The van der Waals surface area contributed by atoms with E-state index in [0.29, 0.717) is 0 Å². The number of hydrogen-bond donors (Lipinski definition) is 1. The fraction of sp³-hybridized carbons (Fsp3) is 0.125. The molecule has 0 aliphatic heterocycles. The van der Waals surface area contributed by atoms with Gasteiger partial charge in [0.25, 0.3) is 0 Å². The second-order valence-electron chi connectivity index (χ2n) is 4.94. The summed E-state index contributed by atoms with van der Waals surface area (Å²) in [7, 11) is 0. The van der Waals surface area contributed by atoms with Crippen LogP contribution >= 0.6 is 11.3 Å². The lowest BCUT2D eigenvalue weighted by atomic mass is 10.1. The molecule has 0 aliphatic carbocycles. The molecule has 0 fully saturated rings. The van der Waals surface area contributed by atoms with Crippen molar-refractivity contribution in [2.45, 2.75) is 13.8 Å². The Morgan fingerprint density at radius 3 is 2.81 bits per heavy atom. The van der Waals surface area contributed by atoms with Crippen LogP contribution < -0.4 is 5.32 Å². The number of fused-ring (bicyclic) bond motifs is 1. The van der Waals surface area contributed by atoms with Crippen LogP contribution in [0.15, 0.2) is 42.0 Å². The molecule has 2 aromatic heterocycles. The van der Waals surface area contributed by atoms with Crippen molar-refractivity contribution in [2.75, 3.05) is 5.32 Å². The van der Waals surface area contributed by atoms with Gasteiger partial charge in [0.05, 0.1) is 11.9 Å². The van der Waals surface area contributed by atoms with Gasteiger partial charge in [-0.15, -0.1) is 11.3 Å². The van der Waals surface area contributed by atoms with Crippen molar-refractivity contribution in [1.29, 1.82) is 0 Å². The molecule has 106 valence electrons. The highest BCUT2D eigenvalue weighted by atomic mass is 32.1. The van der Waals surface area contributed by atoms with Gasteiger partial charge < -0.3 is 5.32 Å². The number of benzene rings is 1. The van der Waals surface area contributed by atoms with Crippen LogP contribution in [0.4, 0.5) is 5.69 Å². The summed E-state index contributed by atoms with van der Waals surface area (Å²) in [6.45, 7) is 4.02.